The average molecular weight is 362 g/mol. The van der Waals surface area contributed by atoms with Crippen LogP contribution in [0.2, 0.25) is 0 Å². The summed E-state index contributed by atoms with van der Waals surface area (Å²) in [5.74, 6) is -4.02. The van der Waals surface area contributed by atoms with Gasteiger partial charge in [-0.05, 0) is 19.9 Å². The van der Waals surface area contributed by atoms with Crippen LogP contribution in [0.25, 0.3) is 0 Å². The Balaban J connectivity index is 2.39. The van der Waals surface area contributed by atoms with Crippen LogP contribution in [0.15, 0.2) is 34.7 Å². The molecule has 0 spiro atoms. The molecule has 0 radical (unpaired) electrons. The van der Waals surface area contributed by atoms with E-state index in [9.17, 15) is 29.9 Å². The van der Waals surface area contributed by atoms with Gasteiger partial charge in [0, 0.05) is 17.5 Å². The van der Waals surface area contributed by atoms with E-state index in [0.717, 1.165) is 6.07 Å². The number of nitrogens with zero attached hydrogens (tertiary/aromatic N) is 1. The molecular weight excluding hydrogens is 348 g/mol. The van der Waals surface area contributed by atoms with E-state index in [1.807, 2.05) is 0 Å². The van der Waals surface area contributed by atoms with Crippen LogP contribution < -0.4 is 14.8 Å². The second kappa shape index (κ2) is 6.06. The number of hydrogen-bond acceptors (Lipinski definition) is 7. The first-order chi connectivity index (χ1) is 12.2. The fourth-order valence-electron chi connectivity index (χ4n) is 3.27. The minimum atomic E-state index is -1.40. The molecule has 0 fully saturated rings. The average Bonchev–Trinajstić information content (AvgIpc) is 3.00. The number of ether oxygens (including phenoxy) is 2. The first-order valence-electron chi connectivity index (χ1n) is 7.46. The molecule has 136 valence electrons. The van der Waals surface area contributed by atoms with Crippen LogP contribution in [0.1, 0.15) is 25.3 Å². The molecule has 0 bridgehead atoms. The smallest absolute Gasteiger partial charge is 0.334 e. The molecule has 10 heteroatoms. The maximum atomic E-state index is 11.8. The third kappa shape index (κ3) is 2.51. The Labute approximate surface area is 146 Å². The largest absolute Gasteiger partial charge is 0.478 e. The van der Waals surface area contributed by atoms with Gasteiger partial charge in [0.05, 0.1) is 27.6 Å². The maximum absolute atomic E-state index is 11.8. The molecule has 0 amide bonds. The Morgan fingerprint density at radius 1 is 1.15 bits per heavy atom. The van der Waals surface area contributed by atoms with Gasteiger partial charge in [0.2, 0.25) is 6.79 Å². The number of allylic oxidation sites excluding steroid dienone is 2. The molecule has 26 heavy (non-hydrogen) atoms. The van der Waals surface area contributed by atoms with Crippen molar-refractivity contribution in [2.75, 3.05) is 6.79 Å². The lowest BCUT2D eigenvalue weighted by molar-refractivity contribution is -0.385. The summed E-state index contributed by atoms with van der Waals surface area (Å²) in [4.78, 5) is 34.5. The van der Waals surface area contributed by atoms with Crippen molar-refractivity contribution in [2.24, 2.45) is 0 Å². The SMILES string of the molecule is CC1=C(C(=O)O)C(c2c([N+](=O)[O-])ccc3c2OCO3)C(C(=O)O)=C(C)N1. The number of fused-ring (bicyclic) bond motifs is 1. The number of carboxylic acid groups (broad SMARTS) is 2. The highest BCUT2D eigenvalue weighted by molar-refractivity contribution is 5.99. The molecule has 0 aromatic heterocycles. The number of benzene rings is 1. The highest BCUT2D eigenvalue weighted by Gasteiger charge is 2.43. The molecule has 3 rings (SSSR count). The van der Waals surface area contributed by atoms with E-state index in [0.29, 0.717) is 0 Å². The zero-order chi connectivity index (χ0) is 19.2. The number of nitro groups is 1. The van der Waals surface area contributed by atoms with Crippen LogP contribution in [-0.2, 0) is 9.59 Å². The number of dihydropyridines is 1. The Morgan fingerprint density at radius 2 is 1.73 bits per heavy atom. The molecule has 0 atom stereocenters. The van der Waals surface area contributed by atoms with Gasteiger partial charge in [0.1, 0.15) is 0 Å². The van der Waals surface area contributed by atoms with E-state index in [1.165, 1.54) is 19.9 Å². The monoisotopic (exact) mass is 362 g/mol. The van der Waals surface area contributed by atoms with Gasteiger partial charge in [0.25, 0.3) is 5.69 Å². The van der Waals surface area contributed by atoms with Crippen molar-refractivity contribution in [1.82, 2.24) is 5.32 Å². The van der Waals surface area contributed by atoms with E-state index in [4.69, 9.17) is 9.47 Å². The molecule has 1 aromatic rings. The topological polar surface area (TPSA) is 148 Å². The summed E-state index contributed by atoms with van der Waals surface area (Å²) >= 11 is 0. The third-order valence-electron chi connectivity index (χ3n) is 4.26. The molecule has 0 saturated carbocycles. The van der Waals surface area contributed by atoms with E-state index in [1.54, 1.807) is 0 Å². The van der Waals surface area contributed by atoms with Gasteiger partial charge in [0.15, 0.2) is 11.5 Å². The molecule has 3 N–H and O–H groups in total. The lowest BCUT2D eigenvalue weighted by Gasteiger charge is -2.28. The second-order valence-electron chi connectivity index (χ2n) is 5.73. The normalized spacial score (nSPS) is 16.5. The Bertz CT molecular complexity index is 879. The van der Waals surface area contributed by atoms with Crippen LogP contribution in [0.5, 0.6) is 11.5 Å². The predicted molar refractivity (Wildman–Crippen MR) is 85.8 cm³/mol. The fourth-order valence-corrected chi connectivity index (χ4v) is 3.27. The number of hydrogen-bond donors (Lipinski definition) is 3. The first-order valence-corrected chi connectivity index (χ1v) is 7.46. The summed E-state index contributed by atoms with van der Waals surface area (Å²) in [5, 5.41) is 33.6. The van der Waals surface area contributed by atoms with Crippen LogP contribution in [0.4, 0.5) is 5.69 Å². The number of aliphatic carboxylic acids is 2. The fraction of sp³-hybridized carbons (Fsp3) is 0.250. The molecule has 0 aliphatic carbocycles. The van der Waals surface area contributed by atoms with E-state index in [-0.39, 0.29) is 46.4 Å². The van der Waals surface area contributed by atoms with Gasteiger partial charge in [-0.15, -0.1) is 0 Å². The van der Waals surface area contributed by atoms with Crippen molar-refractivity contribution < 1.29 is 34.2 Å². The summed E-state index contributed by atoms with van der Waals surface area (Å²) < 4.78 is 10.5. The first kappa shape index (κ1) is 17.3. The molecule has 10 nitrogen and oxygen atoms in total. The minimum absolute atomic E-state index is 0.0239. The van der Waals surface area contributed by atoms with Gasteiger partial charge >= 0.3 is 11.9 Å². The summed E-state index contributed by atoms with van der Waals surface area (Å²) in [5.41, 5.74) is -0.828. The van der Waals surface area contributed by atoms with Crippen LogP contribution in [-0.4, -0.2) is 33.9 Å². The molecular formula is C16H14N2O8. The van der Waals surface area contributed by atoms with Gasteiger partial charge in [-0.25, -0.2) is 9.59 Å². The number of nitrogens with one attached hydrogen (secondary N) is 1. The van der Waals surface area contributed by atoms with Gasteiger partial charge in [-0.1, -0.05) is 0 Å². The highest BCUT2D eigenvalue weighted by atomic mass is 16.7. The van der Waals surface area contributed by atoms with E-state index >= 15 is 0 Å². The number of nitro benzene ring substituents is 1. The van der Waals surface area contributed by atoms with E-state index < -0.39 is 28.5 Å². The second-order valence-corrected chi connectivity index (χ2v) is 5.73. The summed E-state index contributed by atoms with van der Waals surface area (Å²) in [6.45, 7) is 2.72. The zero-order valence-electron chi connectivity index (χ0n) is 13.7. The maximum Gasteiger partial charge on any atom is 0.334 e. The molecule has 1 aromatic carbocycles. The Kier molecular flexibility index (Phi) is 4.03. The molecule has 2 aliphatic heterocycles. The molecule has 0 unspecified atom stereocenters. The highest BCUT2D eigenvalue weighted by Crippen LogP contribution is 2.50. The summed E-state index contributed by atoms with van der Waals surface area (Å²) in [7, 11) is 0. The van der Waals surface area contributed by atoms with Gasteiger partial charge in [-0.3, -0.25) is 10.1 Å². The van der Waals surface area contributed by atoms with Crippen molar-refractivity contribution in [3.63, 3.8) is 0 Å². The number of carboxylic acids is 2. The standard InChI is InChI=1S/C16H14N2O8/c1-6-10(15(19)20)13(11(16(21)22)7(2)17-6)12-8(18(23)24)3-4-9-14(12)26-5-25-9/h3-4,13,17H,5H2,1-2H3,(H,19,20)(H,21,22). The van der Waals surface area contributed by atoms with Crippen molar-refractivity contribution in [3.05, 3.63) is 50.4 Å². The molecule has 2 heterocycles. The molecule has 0 saturated heterocycles. The Hall–Kier alpha value is -3.56. The minimum Gasteiger partial charge on any atom is -0.478 e. The van der Waals surface area contributed by atoms with E-state index in [2.05, 4.69) is 5.32 Å². The summed E-state index contributed by atoms with van der Waals surface area (Å²) in [6.07, 6.45) is 0. The quantitative estimate of drug-likeness (QED) is 0.537. The lowest BCUT2D eigenvalue weighted by atomic mass is 9.79. The zero-order valence-corrected chi connectivity index (χ0v) is 13.7. The van der Waals surface area contributed by atoms with Crippen molar-refractivity contribution >= 4 is 17.6 Å². The van der Waals surface area contributed by atoms with Gasteiger partial charge in [-0.2, -0.15) is 0 Å². The van der Waals surface area contributed by atoms with Crippen LogP contribution in [0, 0.1) is 10.1 Å². The van der Waals surface area contributed by atoms with Crippen molar-refractivity contribution in [1.29, 1.82) is 0 Å². The number of carbonyl (C=O) groups is 2. The lowest BCUT2D eigenvalue weighted by Crippen LogP contribution is -2.31. The predicted octanol–water partition coefficient (Wildman–Crippen LogP) is 1.73. The Morgan fingerprint density at radius 3 is 2.23 bits per heavy atom. The third-order valence-corrected chi connectivity index (χ3v) is 4.26. The summed E-state index contributed by atoms with van der Waals surface area (Å²) in [6, 6.07) is 2.48. The van der Waals surface area contributed by atoms with Crippen molar-refractivity contribution in [3.8, 4) is 11.5 Å². The van der Waals surface area contributed by atoms with Crippen LogP contribution >= 0.6 is 0 Å². The van der Waals surface area contributed by atoms with Crippen LogP contribution in [0.3, 0.4) is 0 Å². The van der Waals surface area contributed by atoms with Crippen molar-refractivity contribution in [2.45, 2.75) is 19.8 Å². The number of rotatable bonds is 4. The van der Waals surface area contributed by atoms with Gasteiger partial charge < -0.3 is 25.0 Å². The molecule has 2 aliphatic rings.